The van der Waals surface area contributed by atoms with E-state index in [9.17, 15) is 0 Å². The molecule has 0 bridgehead atoms. The maximum atomic E-state index is 5.53. The van der Waals surface area contributed by atoms with E-state index in [4.69, 9.17) is 4.52 Å². The minimum atomic E-state index is 0. The van der Waals surface area contributed by atoms with Gasteiger partial charge in [0.2, 0.25) is 0 Å². The molecule has 1 aliphatic heterocycles. The van der Waals surface area contributed by atoms with E-state index in [-0.39, 0.29) is 24.8 Å². The summed E-state index contributed by atoms with van der Waals surface area (Å²) in [6.45, 7) is 3.43. The third-order valence-electron chi connectivity index (χ3n) is 6.13. The van der Waals surface area contributed by atoms with Crippen LogP contribution < -0.4 is 0 Å². The Balaban J connectivity index is 0.00000150. The highest BCUT2D eigenvalue weighted by atomic mass is 35.5. The summed E-state index contributed by atoms with van der Waals surface area (Å²) >= 11 is 0. The van der Waals surface area contributed by atoms with Crippen LogP contribution in [0.3, 0.4) is 0 Å². The van der Waals surface area contributed by atoms with Gasteiger partial charge in [0.1, 0.15) is 0 Å². The van der Waals surface area contributed by atoms with Gasteiger partial charge in [0.05, 0.1) is 0 Å². The van der Waals surface area contributed by atoms with Crippen molar-refractivity contribution in [3.63, 3.8) is 0 Å². The van der Waals surface area contributed by atoms with Crippen molar-refractivity contribution in [2.45, 2.75) is 57.5 Å². The first kappa shape index (κ1) is 24.1. The van der Waals surface area contributed by atoms with Gasteiger partial charge in [-0.1, -0.05) is 30.1 Å². The van der Waals surface area contributed by atoms with E-state index >= 15 is 0 Å². The molecule has 0 amide bonds. The third-order valence-corrected chi connectivity index (χ3v) is 6.13. The number of halogens is 2. The zero-order valence-corrected chi connectivity index (χ0v) is 19.2. The van der Waals surface area contributed by atoms with Gasteiger partial charge in [0, 0.05) is 24.6 Å². The van der Waals surface area contributed by atoms with Crippen LogP contribution in [0.1, 0.15) is 49.9 Å². The molecule has 2 heterocycles. The van der Waals surface area contributed by atoms with E-state index in [2.05, 4.69) is 58.3 Å². The fraction of sp³-hybridized carbons (Fsp3) is 0.636. The largest absolute Gasteiger partial charge is 0.334 e. The quantitative estimate of drug-likeness (QED) is 0.642. The first-order chi connectivity index (χ1) is 13.2. The van der Waals surface area contributed by atoms with Crippen LogP contribution >= 0.6 is 24.8 Å². The summed E-state index contributed by atoms with van der Waals surface area (Å²) in [5, 5.41) is 4.25. The highest BCUT2D eigenvalue weighted by Crippen LogP contribution is 2.29. The molecular formula is C22H34Cl2N4O. The predicted molar refractivity (Wildman–Crippen MR) is 122 cm³/mol. The minimum absolute atomic E-state index is 0. The summed E-state index contributed by atoms with van der Waals surface area (Å²) in [6.07, 6.45) is 9.14. The number of benzene rings is 1. The molecule has 0 N–H and O–H groups in total. The van der Waals surface area contributed by atoms with Gasteiger partial charge < -0.3 is 14.3 Å². The lowest BCUT2D eigenvalue weighted by Crippen LogP contribution is -2.40. The van der Waals surface area contributed by atoms with Gasteiger partial charge in [0.25, 0.3) is 5.89 Å². The van der Waals surface area contributed by atoms with Gasteiger partial charge >= 0.3 is 0 Å². The Kier molecular flexibility index (Phi) is 9.41. The molecular weight excluding hydrogens is 407 g/mol. The molecule has 7 heteroatoms. The lowest BCUT2D eigenvalue weighted by Gasteiger charge is -2.35. The second-order valence-electron chi connectivity index (χ2n) is 8.57. The maximum Gasteiger partial charge on any atom is 0.257 e. The molecule has 1 saturated carbocycles. The van der Waals surface area contributed by atoms with Gasteiger partial charge in [-0.25, -0.2) is 0 Å². The maximum absolute atomic E-state index is 5.53. The normalized spacial score (nSPS) is 18.6. The molecule has 0 unspecified atom stereocenters. The second-order valence-corrected chi connectivity index (χ2v) is 8.57. The standard InChI is InChI=1S/C22H32N4O.2ClH/c1-25(2)16-18-7-9-19(10-8-18)22-23-21(24-27-22)15-17-11-13-26(14-12-17)20-5-3-4-6-20;;/h7-10,17,20H,3-6,11-16H2,1-2H3;2*1H. The highest BCUT2D eigenvalue weighted by Gasteiger charge is 2.27. The summed E-state index contributed by atoms with van der Waals surface area (Å²) in [5.74, 6) is 2.20. The molecule has 0 radical (unpaired) electrons. The Bertz CT molecular complexity index is 721. The van der Waals surface area contributed by atoms with E-state index in [1.54, 1.807) is 0 Å². The van der Waals surface area contributed by atoms with Crippen LogP contribution in [0.15, 0.2) is 28.8 Å². The van der Waals surface area contributed by atoms with Gasteiger partial charge in [-0.15, -0.1) is 24.8 Å². The van der Waals surface area contributed by atoms with Crippen molar-refractivity contribution in [2.24, 2.45) is 5.92 Å². The Morgan fingerprint density at radius 2 is 1.66 bits per heavy atom. The van der Waals surface area contributed by atoms with E-state index in [0.29, 0.717) is 11.8 Å². The van der Waals surface area contributed by atoms with Crippen LogP contribution in [-0.4, -0.2) is 53.2 Å². The molecule has 2 aliphatic rings. The van der Waals surface area contributed by atoms with Crippen molar-refractivity contribution in [3.05, 3.63) is 35.7 Å². The van der Waals surface area contributed by atoms with Crippen LogP contribution in [0.25, 0.3) is 11.5 Å². The molecule has 1 aromatic carbocycles. The van der Waals surface area contributed by atoms with Crippen molar-refractivity contribution >= 4 is 24.8 Å². The molecule has 0 spiro atoms. The summed E-state index contributed by atoms with van der Waals surface area (Å²) in [5.41, 5.74) is 2.30. The molecule has 4 rings (SSSR count). The number of hydrogen-bond acceptors (Lipinski definition) is 5. The molecule has 0 atom stereocenters. The fourth-order valence-electron chi connectivity index (χ4n) is 4.62. The lowest BCUT2D eigenvalue weighted by atomic mass is 9.92. The van der Waals surface area contributed by atoms with Gasteiger partial charge in [-0.2, -0.15) is 4.98 Å². The summed E-state index contributed by atoms with van der Waals surface area (Å²) in [6, 6.07) is 9.29. The number of nitrogens with zero attached hydrogens (tertiary/aromatic N) is 4. The summed E-state index contributed by atoms with van der Waals surface area (Å²) in [4.78, 5) is 9.55. The number of aromatic nitrogens is 2. The molecule has 29 heavy (non-hydrogen) atoms. The number of rotatable bonds is 6. The fourth-order valence-corrected chi connectivity index (χ4v) is 4.62. The van der Waals surface area contributed by atoms with Crippen LogP contribution in [-0.2, 0) is 13.0 Å². The van der Waals surface area contributed by atoms with E-state index < -0.39 is 0 Å². The summed E-state index contributed by atoms with van der Waals surface area (Å²) in [7, 11) is 4.16. The van der Waals surface area contributed by atoms with E-state index in [0.717, 1.165) is 30.4 Å². The highest BCUT2D eigenvalue weighted by molar-refractivity contribution is 5.85. The molecule has 1 aliphatic carbocycles. The van der Waals surface area contributed by atoms with Crippen molar-refractivity contribution in [2.75, 3.05) is 27.2 Å². The van der Waals surface area contributed by atoms with Crippen molar-refractivity contribution in [3.8, 4) is 11.5 Å². The molecule has 1 saturated heterocycles. The SMILES string of the molecule is CN(C)Cc1ccc(-c2nc(CC3CCN(C4CCCC4)CC3)no2)cc1.Cl.Cl. The van der Waals surface area contributed by atoms with E-state index in [1.807, 2.05) is 0 Å². The monoisotopic (exact) mass is 440 g/mol. The lowest BCUT2D eigenvalue weighted by molar-refractivity contribution is 0.133. The molecule has 2 aromatic rings. The van der Waals surface area contributed by atoms with Crippen LogP contribution in [0.2, 0.25) is 0 Å². The average Bonchev–Trinajstić information content (AvgIpc) is 3.35. The average molecular weight is 441 g/mol. The van der Waals surface area contributed by atoms with Crippen molar-refractivity contribution < 1.29 is 4.52 Å². The van der Waals surface area contributed by atoms with Gasteiger partial charge in [-0.05, 0) is 76.5 Å². The van der Waals surface area contributed by atoms with Crippen molar-refractivity contribution in [1.29, 1.82) is 0 Å². The molecule has 162 valence electrons. The Morgan fingerprint density at radius 1 is 1.00 bits per heavy atom. The van der Waals surface area contributed by atoms with Gasteiger partial charge in [-0.3, -0.25) is 0 Å². The van der Waals surface area contributed by atoms with Crippen molar-refractivity contribution in [1.82, 2.24) is 19.9 Å². The Hall–Kier alpha value is -1.14. The Morgan fingerprint density at radius 3 is 2.28 bits per heavy atom. The first-order valence-electron chi connectivity index (χ1n) is 10.5. The molecule has 5 nitrogen and oxygen atoms in total. The van der Waals surface area contributed by atoms with Crippen LogP contribution in [0, 0.1) is 5.92 Å². The second kappa shape index (κ2) is 11.3. The predicted octanol–water partition coefficient (Wildman–Crippen LogP) is 4.84. The first-order valence-corrected chi connectivity index (χ1v) is 10.5. The number of likely N-dealkylation sites (tertiary alicyclic amines) is 1. The zero-order chi connectivity index (χ0) is 18.6. The summed E-state index contributed by atoms with van der Waals surface area (Å²) < 4.78 is 5.53. The zero-order valence-electron chi connectivity index (χ0n) is 17.5. The molecule has 1 aromatic heterocycles. The van der Waals surface area contributed by atoms with E-state index in [1.165, 1.54) is 57.2 Å². The van der Waals surface area contributed by atoms with Gasteiger partial charge in [0.15, 0.2) is 5.82 Å². The minimum Gasteiger partial charge on any atom is -0.334 e. The molecule has 2 fully saturated rings. The number of hydrogen-bond donors (Lipinski definition) is 0. The third kappa shape index (κ3) is 6.42. The topological polar surface area (TPSA) is 45.4 Å². The Labute approximate surface area is 187 Å². The van der Waals surface area contributed by atoms with Crippen LogP contribution in [0.4, 0.5) is 0 Å². The smallest absolute Gasteiger partial charge is 0.257 e. The van der Waals surface area contributed by atoms with Crippen LogP contribution in [0.5, 0.6) is 0 Å². The number of piperidine rings is 1.